The summed E-state index contributed by atoms with van der Waals surface area (Å²) in [6, 6.07) is 4.68. The van der Waals surface area contributed by atoms with Crippen LogP contribution in [-0.4, -0.2) is 31.8 Å². The highest BCUT2D eigenvalue weighted by atomic mass is 32.2. The molecule has 5 nitrogen and oxygen atoms in total. The van der Waals surface area contributed by atoms with E-state index >= 15 is 0 Å². The number of carbonyl (C=O) groups is 1. The predicted octanol–water partition coefficient (Wildman–Crippen LogP) is 2.12. The highest BCUT2D eigenvalue weighted by Crippen LogP contribution is 2.31. The van der Waals surface area contributed by atoms with Crippen LogP contribution >= 0.6 is 0 Å². The first-order valence-electron chi connectivity index (χ1n) is 6.68. The lowest BCUT2D eigenvalue weighted by Gasteiger charge is -2.20. The number of nitrogens with zero attached hydrogens (tertiary/aromatic N) is 1. The molecule has 1 aliphatic rings. The third-order valence-electron chi connectivity index (χ3n) is 3.47. The molecule has 6 heteroatoms. The largest absolute Gasteiger partial charge is 0.478 e. The van der Waals surface area contributed by atoms with E-state index in [-0.39, 0.29) is 11.3 Å². The number of sulfonamides is 1. The smallest absolute Gasteiger partial charge is 0.335 e. The Bertz CT molecular complexity index is 622. The fourth-order valence-electron chi connectivity index (χ4n) is 2.27. The number of hydrogen-bond donors (Lipinski definition) is 1. The molecular formula is C14H19NO4S. The van der Waals surface area contributed by atoms with Gasteiger partial charge in [-0.25, -0.2) is 13.2 Å². The Morgan fingerprint density at radius 2 is 2.10 bits per heavy atom. The molecule has 1 heterocycles. The Balaban J connectivity index is 2.30. The molecule has 20 heavy (non-hydrogen) atoms. The molecule has 0 saturated carbocycles. The molecule has 0 fully saturated rings. The van der Waals surface area contributed by atoms with Crippen LogP contribution in [0.2, 0.25) is 0 Å². The van der Waals surface area contributed by atoms with Crippen molar-refractivity contribution in [1.82, 2.24) is 0 Å². The highest BCUT2D eigenvalue weighted by molar-refractivity contribution is 7.92. The third-order valence-corrected chi connectivity index (χ3v) is 5.28. The normalized spacial score (nSPS) is 14.7. The van der Waals surface area contributed by atoms with E-state index in [2.05, 4.69) is 0 Å². The lowest BCUT2D eigenvalue weighted by molar-refractivity contribution is 0.0697. The van der Waals surface area contributed by atoms with Crippen LogP contribution in [0.3, 0.4) is 0 Å². The minimum absolute atomic E-state index is 0.0986. The van der Waals surface area contributed by atoms with Gasteiger partial charge in [-0.2, -0.15) is 0 Å². The van der Waals surface area contributed by atoms with Crippen molar-refractivity contribution in [3.63, 3.8) is 0 Å². The minimum Gasteiger partial charge on any atom is -0.478 e. The standard InChI is InChI=1S/C14H19NO4S/c1-10(2)6-8-20(18,19)15-7-5-11-3-4-12(14(16)17)9-13(11)15/h3-4,9-10H,5-8H2,1-2H3,(H,16,17). The topological polar surface area (TPSA) is 74.7 Å². The van der Waals surface area contributed by atoms with Crippen LogP contribution in [0.4, 0.5) is 5.69 Å². The lowest BCUT2D eigenvalue weighted by Crippen LogP contribution is -2.31. The van der Waals surface area contributed by atoms with Crippen LogP contribution in [0.25, 0.3) is 0 Å². The molecule has 0 unspecified atom stereocenters. The summed E-state index contributed by atoms with van der Waals surface area (Å²) in [5.74, 6) is -0.627. The van der Waals surface area contributed by atoms with Gasteiger partial charge in [0.1, 0.15) is 0 Å². The summed E-state index contributed by atoms with van der Waals surface area (Å²) in [6.07, 6.45) is 1.24. The maximum atomic E-state index is 12.4. The molecule has 0 spiro atoms. The second kappa shape index (κ2) is 5.44. The average molecular weight is 297 g/mol. The summed E-state index contributed by atoms with van der Waals surface area (Å²) in [5, 5.41) is 9.01. The molecule has 0 aromatic heterocycles. The van der Waals surface area contributed by atoms with Crippen LogP contribution in [0.5, 0.6) is 0 Å². The van der Waals surface area contributed by atoms with E-state index < -0.39 is 16.0 Å². The summed E-state index contributed by atoms with van der Waals surface area (Å²) < 4.78 is 26.1. The number of aromatic carboxylic acids is 1. The van der Waals surface area contributed by atoms with Crippen molar-refractivity contribution in [2.45, 2.75) is 26.7 Å². The van der Waals surface area contributed by atoms with Crippen LogP contribution in [0.15, 0.2) is 18.2 Å². The van der Waals surface area contributed by atoms with Crippen LogP contribution < -0.4 is 4.31 Å². The number of carboxylic acids is 1. The number of fused-ring (bicyclic) bond motifs is 1. The minimum atomic E-state index is -3.37. The second-order valence-corrected chi connectivity index (χ2v) is 7.48. The van der Waals surface area contributed by atoms with Gasteiger partial charge in [0.05, 0.1) is 17.0 Å². The van der Waals surface area contributed by atoms with Gasteiger partial charge in [0.15, 0.2) is 0 Å². The Labute approximate surface area is 119 Å². The zero-order valence-electron chi connectivity index (χ0n) is 11.7. The third kappa shape index (κ3) is 2.95. The van der Waals surface area contributed by atoms with Crippen LogP contribution in [-0.2, 0) is 16.4 Å². The fraction of sp³-hybridized carbons (Fsp3) is 0.500. The van der Waals surface area contributed by atoms with E-state index in [1.807, 2.05) is 13.8 Å². The van der Waals surface area contributed by atoms with Gasteiger partial charge in [0.25, 0.3) is 0 Å². The Morgan fingerprint density at radius 1 is 1.40 bits per heavy atom. The molecule has 1 aliphatic heterocycles. The van der Waals surface area contributed by atoms with Crippen molar-refractivity contribution in [2.24, 2.45) is 5.92 Å². The van der Waals surface area contributed by atoms with Gasteiger partial charge in [-0.1, -0.05) is 19.9 Å². The zero-order valence-corrected chi connectivity index (χ0v) is 12.5. The summed E-state index contributed by atoms with van der Waals surface area (Å²) in [4.78, 5) is 11.0. The molecule has 0 amide bonds. The van der Waals surface area contributed by atoms with E-state index in [9.17, 15) is 13.2 Å². The summed E-state index contributed by atoms with van der Waals surface area (Å²) in [7, 11) is -3.37. The van der Waals surface area contributed by atoms with Gasteiger partial charge in [-0.15, -0.1) is 0 Å². The maximum absolute atomic E-state index is 12.4. The monoisotopic (exact) mass is 297 g/mol. The van der Waals surface area contributed by atoms with Crippen LogP contribution in [0, 0.1) is 5.92 Å². The van der Waals surface area contributed by atoms with Crippen molar-refractivity contribution < 1.29 is 18.3 Å². The van der Waals surface area contributed by atoms with E-state index in [0.29, 0.717) is 31.0 Å². The highest BCUT2D eigenvalue weighted by Gasteiger charge is 2.29. The summed E-state index contributed by atoms with van der Waals surface area (Å²) >= 11 is 0. The fourth-order valence-corrected chi connectivity index (χ4v) is 4.10. The van der Waals surface area contributed by atoms with Crippen molar-refractivity contribution in [1.29, 1.82) is 0 Å². The quantitative estimate of drug-likeness (QED) is 0.903. The number of rotatable bonds is 5. The second-order valence-electron chi connectivity index (χ2n) is 5.47. The maximum Gasteiger partial charge on any atom is 0.335 e. The molecule has 0 atom stereocenters. The molecule has 0 aliphatic carbocycles. The Kier molecular flexibility index (Phi) is 4.04. The van der Waals surface area contributed by atoms with Gasteiger partial charge >= 0.3 is 5.97 Å². The van der Waals surface area contributed by atoms with Gasteiger partial charge in [-0.05, 0) is 36.5 Å². The van der Waals surface area contributed by atoms with Gasteiger partial charge in [0, 0.05) is 6.54 Å². The van der Waals surface area contributed by atoms with Gasteiger partial charge in [-0.3, -0.25) is 4.31 Å². The average Bonchev–Trinajstić information content (AvgIpc) is 2.79. The molecule has 0 bridgehead atoms. The number of hydrogen-bond acceptors (Lipinski definition) is 3. The number of carboxylic acid groups (broad SMARTS) is 1. The first kappa shape index (κ1) is 14.8. The molecule has 1 aromatic rings. The molecule has 0 radical (unpaired) electrons. The molecule has 2 rings (SSSR count). The van der Waals surface area contributed by atoms with E-state index in [1.165, 1.54) is 16.4 Å². The van der Waals surface area contributed by atoms with Gasteiger partial charge in [0.2, 0.25) is 10.0 Å². The zero-order chi connectivity index (χ0) is 14.9. The molecular weight excluding hydrogens is 278 g/mol. The van der Waals surface area contributed by atoms with Crippen LogP contribution in [0.1, 0.15) is 36.2 Å². The lowest BCUT2D eigenvalue weighted by atomic mass is 10.1. The van der Waals surface area contributed by atoms with Crippen molar-refractivity contribution in [3.8, 4) is 0 Å². The first-order valence-corrected chi connectivity index (χ1v) is 8.29. The molecule has 1 N–H and O–H groups in total. The van der Waals surface area contributed by atoms with Crippen molar-refractivity contribution in [3.05, 3.63) is 29.3 Å². The summed E-state index contributed by atoms with van der Waals surface area (Å²) in [5.41, 5.74) is 1.53. The van der Waals surface area contributed by atoms with E-state index in [0.717, 1.165) is 5.56 Å². The summed E-state index contributed by atoms with van der Waals surface area (Å²) in [6.45, 7) is 4.37. The Hall–Kier alpha value is -1.56. The number of benzene rings is 1. The van der Waals surface area contributed by atoms with Gasteiger partial charge < -0.3 is 5.11 Å². The Morgan fingerprint density at radius 3 is 2.70 bits per heavy atom. The first-order chi connectivity index (χ1) is 9.31. The van der Waals surface area contributed by atoms with Crippen molar-refractivity contribution in [2.75, 3.05) is 16.6 Å². The molecule has 0 saturated heterocycles. The number of anilines is 1. The van der Waals surface area contributed by atoms with Crippen molar-refractivity contribution >= 4 is 21.7 Å². The molecule has 110 valence electrons. The SMILES string of the molecule is CC(C)CCS(=O)(=O)N1CCc2ccc(C(=O)O)cc21. The predicted molar refractivity (Wildman–Crippen MR) is 77.7 cm³/mol. The van der Waals surface area contributed by atoms with E-state index in [1.54, 1.807) is 6.07 Å². The molecule has 1 aromatic carbocycles. The van der Waals surface area contributed by atoms with E-state index in [4.69, 9.17) is 5.11 Å².